The molecular weight excluding hydrogens is 492 g/mol. The van der Waals surface area contributed by atoms with Gasteiger partial charge < -0.3 is 15.0 Å². The lowest BCUT2D eigenvalue weighted by atomic mass is 10.1. The lowest BCUT2D eigenvalue weighted by Crippen LogP contribution is -2.24. The highest BCUT2D eigenvalue weighted by atomic mass is 79.9. The van der Waals surface area contributed by atoms with E-state index in [9.17, 15) is 4.79 Å². The minimum Gasteiger partial charge on any atom is -0.457 e. The van der Waals surface area contributed by atoms with Gasteiger partial charge in [-0.1, -0.05) is 30.3 Å². The number of amides is 1. The van der Waals surface area contributed by atoms with Crippen molar-refractivity contribution in [2.24, 2.45) is 0 Å². The van der Waals surface area contributed by atoms with Gasteiger partial charge in [0.25, 0.3) is 0 Å². The maximum Gasteiger partial charge on any atom is 0.228 e. The molecule has 0 radical (unpaired) electrons. The molecule has 1 fully saturated rings. The smallest absolute Gasteiger partial charge is 0.228 e. The number of carbonyl (C=O) groups is 1. The van der Waals surface area contributed by atoms with Gasteiger partial charge in [0.1, 0.15) is 16.1 Å². The minimum atomic E-state index is -0.0615. The molecule has 1 saturated heterocycles. The van der Waals surface area contributed by atoms with E-state index in [-0.39, 0.29) is 5.91 Å². The molecule has 0 unspecified atom stereocenters. The molecule has 4 aromatic rings. The van der Waals surface area contributed by atoms with E-state index < -0.39 is 0 Å². The molecule has 1 aliphatic heterocycles. The number of rotatable bonds is 8. The van der Waals surface area contributed by atoms with Crippen LogP contribution in [0.5, 0.6) is 11.5 Å². The van der Waals surface area contributed by atoms with Gasteiger partial charge in [0.15, 0.2) is 0 Å². The zero-order valence-electron chi connectivity index (χ0n) is 18.9. The first kappa shape index (κ1) is 22.6. The maximum absolute atomic E-state index is 12.7. The van der Waals surface area contributed by atoms with Gasteiger partial charge in [0.05, 0.1) is 18.5 Å². The molecule has 6 nitrogen and oxygen atoms in total. The summed E-state index contributed by atoms with van der Waals surface area (Å²) in [5.74, 6) is 1.47. The number of benzene rings is 3. The van der Waals surface area contributed by atoms with Crippen LogP contribution in [-0.4, -0.2) is 40.2 Å². The zero-order chi connectivity index (χ0) is 23.3. The van der Waals surface area contributed by atoms with Gasteiger partial charge in [-0.05, 0) is 89.9 Å². The predicted octanol–water partition coefficient (Wildman–Crippen LogP) is 5.87. The second kappa shape index (κ2) is 10.4. The number of likely N-dealkylation sites (tertiary alicyclic amines) is 1. The minimum absolute atomic E-state index is 0.0615. The molecule has 0 spiro atoms. The lowest BCUT2D eigenvalue weighted by Gasteiger charge is -2.14. The van der Waals surface area contributed by atoms with E-state index in [1.807, 2.05) is 77.5 Å². The van der Waals surface area contributed by atoms with Gasteiger partial charge in [-0.2, -0.15) is 5.10 Å². The van der Waals surface area contributed by atoms with Crippen LogP contribution in [-0.2, 0) is 17.8 Å². The number of anilines is 1. The molecular formula is C27H27BrN4O2. The van der Waals surface area contributed by atoms with Gasteiger partial charge >= 0.3 is 0 Å². The number of para-hydroxylation sites is 1. The van der Waals surface area contributed by atoms with Crippen LogP contribution < -0.4 is 10.1 Å². The largest absolute Gasteiger partial charge is 0.457 e. The number of carbonyl (C=O) groups excluding carboxylic acids is 1. The molecule has 3 aromatic carbocycles. The Labute approximate surface area is 207 Å². The highest BCUT2D eigenvalue weighted by Crippen LogP contribution is 2.27. The lowest BCUT2D eigenvalue weighted by molar-refractivity contribution is -0.115. The average Bonchev–Trinajstić information content (AvgIpc) is 3.47. The highest BCUT2D eigenvalue weighted by molar-refractivity contribution is 9.10. The Morgan fingerprint density at radius 1 is 0.941 bits per heavy atom. The van der Waals surface area contributed by atoms with Gasteiger partial charge in [-0.15, -0.1) is 0 Å². The molecule has 7 heteroatoms. The molecule has 1 aromatic heterocycles. The summed E-state index contributed by atoms with van der Waals surface area (Å²) in [6.07, 6.45) is 2.87. The molecule has 2 heterocycles. The van der Waals surface area contributed by atoms with Crippen LogP contribution >= 0.6 is 15.9 Å². The molecule has 1 aliphatic rings. The Balaban J connectivity index is 1.20. The van der Waals surface area contributed by atoms with Gasteiger partial charge in [-0.25, -0.2) is 0 Å². The third-order valence-corrected chi connectivity index (χ3v) is 6.67. The number of hydrogen-bond acceptors (Lipinski definition) is 4. The standard InChI is InChI=1S/C27H27BrN4O2/c28-27-24-19-21(10-13-25(24)32(30-27)17-16-31-14-4-5-15-31)29-26(33)18-20-8-11-23(12-9-20)34-22-6-2-1-3-7-22/h1-3,6-13,19H,4-5,14-18H2,(H,29,33). The quantitative estimate of drug-likeness (QED) is 0.317. The van der Waals surface area contributed by atoms with Crippen LogP contribution in [0.1, 0.15) is 18.4 Å². The van der Waals surface area contributed by atoms with Crippen LogP contribution in [0.25, 0.3) is 10.9 Å². The molecule has 174 valence electrons. The first-order chi connectivity index (χ1) is 16.6. The molecule has 0 aliphatic carbocycles. The van der Waals surface area contributed by atoms with E-state index >= 15 is 0 Å². The summed E-state index contributed by atoms with van der Waals surface area (Å²) in [6, 6.07) is 23.2. The summed E-state index contributed by atoms with van der Waals surface area (Å²) in [6.45, 7) is 4.23. The molecule has 0 bridgehead atoms. The number of aromatic nitrogens is 2. The fraction of sp³-hybridized carbons (Fsp3) is 0.259. The maximum atomic E-state index is 12.7. The van der Waals surface area contributed by atoms with E-state index in [1.165, 1.54) is 25.9 Å². The molecule has 0 saturated carbocycles. The topological polar surface area (TPSA) is 59.4 Å². The van der Waals surface area contributed by atoms with Gasteiger partial charge in [0, 0.05) is 17.6 Å². The number of nitrogens with one attached hydrogen (secondary N) is 1. The Kier molecular flexibility index (Phi) is 6.92. The van der Waals surface area contributed by atoms with Crippen molar-refractivity contribution in [3.05, 3.63) is 83.0 Å². The van der Waals surface area contributed by atoms with E-state index in [1.54, 1.807) is 0 Å². The number of hydrogen-bond donors (Lipinski definition) is 1. The van der Waals surface area contributed by atoms with Crippen molar-refractivity contribution in [1.29, 1.82) is 0 Å². The van der Waals surface area contributed by atoms with Crippen molar-refractivity contribution < 1.29 is 9.53 Å². The van der Waals surface area contributed by atoms with Crippen molar-refractivity contribution >= 4 is 38.4 Å². The number of fused-ring (bicyclic) bond motifs is 1. The summed E-state index contributed by atoms with van der Waals surface area (Å²) in [4.78, 5) is 15.1. The highest BCUT2D eigenvalue weighted by Gasteiger charge is 2.14. The van der Waals surface area contributed by atoms with Gasteiger partial charge in [0.2, 0.25) is 5.91 Å². The molecule has 1 amide bonds. The van der Waals surface area contributed by atoms with E-state index in [2.05, 4.69) is 31.2 Å². The monoisotopic (exact) mass is 518 g/mol. The first-order valence-electron chi connectivity index (χ1n) is 11.6. The molecule has 1 N–H and O–H groups in total. The van der Waals surface area contributed by atoms with Crippen molar-refractivity contribution in [3.8, 4) is 11.5 Å². The fourth-order valence-corrected chi connectivity index (χ4v) is 4.83. The Morgan fingerprint density at radius 2 is 1.68 bits per heavy atom. The van der Waals surface area contributed by atoms with Crippen molar-refractivity contribution in [2.75, 3.05) is 25.0 Å². The van der Waals surface area contributed by atoms with E-state index in [4.69, 9.17) is 4.74 Å². The van der Waals surface area contributed by atoms with Crippen molar-refractivity contribution in [1.82, 2.24) is 14.7 Å². The van der Waals surface area contributed by atoms with Crippen LogP contribution in [0.15, 0.2) is 77.4 Å². The van der Waals surface area contributed by atoms with Crippen molar-refractivity contribution in [3.63, 3.8) is 0 Å². The van der Waals surface area contributed by atoms with E-state index in [0.717, 1.165) is 51.3 Å². The second-order valence-corrected chi connectivity index (χ2v) is 9.33. The van der Waals surface area contributed by atoms with Crippen LogP contribution in [0.3, 0.4) is 0 Å². The zero-order valence-corrected chi connectivity index (χ0v) is 20.5. The van der Waals surface area contributed by atoms with Crippen LogP contribution in [0, 0.1) is 0 Å². The molecule has 0 atom stereocenters. The van der Waals surface area contributed by atoms with Gasteiger partial charge in [-0.3, -0.25) is 9.48 Å². The summed E-state index contributed by atoms with van der Waals surface area (Å²) < 4.78 is 8.66. The third-order valence-electron chi connectivity index (χ3n) is 6.08. The molecule has 5 rings (SSSR count). The fourth-order valence-electron chi connectivity index (χ4n) is 4.32. The Bertz CT molecular complexity index is 1270. The molecule has 34 heavy (non-hydrogen) atoms. The SMILES string of the molecule is O=C(Cc1ccc(Oc2ccccc2)cc1)Nc1ccc2c(c1)c(Br)nn2CCN1CCCC1. The third kappa shape index (κ3) is 5.48. The number of halogens is 1. The number of nitrogens with zero attached hydrogens (tertiary/aromatic N) is 3. The normalized spacial score (nSPS) is 13.9. The summed E-state index contributed by atoms with van der Waals surface area (Å²) in [5, 5.41) is 8.67. The summed E-state index contributed by atoms with van der Waals surface area (Å²) in [7, 11) is 0. The number of ether oxygens (including phenoxy) is 1. The summed E-state index contributed by atoms with van der Waals surface area (Å²) in [5.41, 5.74) is 2.76. The average molecular weight is 519 g/mol. The Hall–Kier alpha value is -3.16. The second-order valence-electron chi connectivity index (χ2n) is 8.58. The predicted molar refractivity (Wildman–Crippen MR) is 138 cm³/mol. The van der Waals surface area contributed by atoms with Crippen LogP contribution in [0.2, 0.25) is 0 Å². The van der Waals surface area contributed by atoms with E-state index in [0.29, 0.717) is 6.42 Å². The Morgan fingerprint density at radius 3 is 2.44 bits per heavy atom. The van der Waals surface area contributed by atoms with Crippen LogP contribution in [0.4, 0.5) is 5.69 Å². The van der Waals surface area contributed by atoms with Crippen molar-refractivity contribution in [2.45, 2.75) is 25.8 Å². The first-order valence-corrected chi connectivity index (χ1v) is 12.4. The summed E-state index contributed by atoms with van der Waals surface area (Å²) >= 11 is 3.59.